The van der Waals surface area contributed by atoms with Crippen LogP contribution in [0.3, 0.4) is 0 Å². The van der Waals surface area contributed by atoms with Crippen molar-refractivity contribution in [2.45, 2.75) is 6.92 Å². The minimum Gasteiger partial charge on any atom is -0.398 e. The zero-order valence-corrected chi connectivity index (χ0v) is 9.06. The molecule has 0 unspecified atom stereocenters. The average Bonchev–Trinajstić information content (AvgIpc) is 2.01. The largest absolute Gasteiger partial charge is 0.398 e. The summed E-state index contributed by atoms with van der Waals surface area (Å²) in [5, 5.41) is 0.875. The third-order valence-corrected chi connectivity index (χ3v) is 2.24. The molecule has 0 aliphatic heterocycles. The summed E-state index contributed by atoms with van der Waals surface area (Å²) in [6, 6.07) is 5.06. The number of ketones is 1. The minimum atomic E-state index is -0.140. The highest BCUT2D eigenvalue weighted by Crippen LogP contribution is 2.28. The molecule has 2 nitrogen and oxygen atoms in total. The van der Waals surface area contributed by atoms with Crippen LogP contribution < -0.4 is 5.73 Å². The van der Waals surface area contributed by atoms with Gasteiger partial charge in [-0.2, -0.15) is 0 Å². The maximum absolute atomic E-state index is 10.8. The van der Waals surface area contributed by atoms with E-state index in [1.54, 1.807) is 18.2 Å². The molecule has 0 fully saturated rings. The standard InChI is InChI=1S/C10H9Cl2NO/c1-6(14)5-9(13)10-7(11)3-2-4-8(10)12/h2-5H,13H2,1H3/b9-5+. The first-order valence-corrected chi connectivity index (χ1v) is 4.70. The Kier molecular flexibility index (Phi) is 3.55. The number of nitrogens with two attached hydrogens (primary N) is 1. The van der Waals surface area contributed by atoms with Crippen molar-refractivity contribution < 1.29 is 4.79 Å². The molecule has 0 atom stereocenters. The third kappa shape index (κ3) is 2.50. The van der Waals surface area contributed by atoms with Gasteiger partial charge in [-0.05, 0) is 19.1 Å². The molecule has 4 heteroatoms. The van der Waals surface area contributed by atoms with E-state index in [1.165, 1.54) is 13.0 Å². The fourth-order valence-electron chi connectivity index (χ4n) is 1.06. The van der Waals surface area contributed by atoms with Crippen molar-refractivity contribution >= 4 is 34.7 Å². The Labute approximate surface area is 92.3 Å². The fourth-order valence-corrected chi connectivity index (χ4v) is 1.68. The Morgan fingerprint density at radius 2 is 1.86 bits per heavy atom. The molecular formula is C10H9Cl2NO. The van der Waals surface area contributed by atoms with Gasteiger partial charge in [0.05, 0.1) is 10.0 Å². The molecule has 0 radical (unpaired) electrons. The van der Waals surface area contributed by atoms with Crippen LogP contribution in [0.1, 0.15) is 12.5 Å². The van der Waals surface area contributed by atoms with E-state index >= 15 is 0 Å². The Morgan fingerprint density at radius 1 is 1.36 bits per heavy atom. The highest BCUT2D eigenvalue weighted by molar-refractivity contribution is 6.37. The summed E-state index contributed by atoms with van der Waals surface area (Å²) in [7, 11) is 0. The lowest BCUT2D eigenvalue weighted by molar-refractivity contribution is -0.112. The van der Waals surface area contributed by atoms with E-state index in [4.69, 9.17) is 28.9 Å². The van der Waals surface area contributed by atoms with Gasteiger partial charge >= 0.3 is 0 Å². The predicted octanol–water partition coefficient (Wildman–Crippen LogP) is 2.88. The van der Waals surface area contributed by atoms with Crippen LogP contribution in [0.25, 0.3) is 5.70 Å². The van der Waals surface area contributed by atoms with Crippen molar-refractivity contribution in [2.75, 3.05) is 0 Å². The van der Waals surface area contributed by atoms with Crippen molar-refractivity contribution in [1.82, 2.24) is 0 Å². The first kappa shape index (κ1) is 11.1. The fraction of sp³-hybridized carbons (Fsp3) is 0.100. The zero-order valence-electron chi connectivity index (χ0n) is 7.55. The summed E-state index contributed by atoms with van der Waals surface area (Å²) in [4.78, 5) is 10.8. The summed E-state index contributed by atoms with van der Waals surface area (Å²) in [6.07, 6.45) is 1.30. The molecule has 0 heterocycles. The normalized spacial score (nSPS) is 11.5. The van der Waals surface area contributed by atoms with Crippen molar-refractivity contribution in [3.63, 3.8) is 0 Å². The van der Waals surface area contributed by atoms with E-state index in [0.29, 0.717) is 15.6 Å². The van der Waals surface area contributed by atoms with Crippen LogP contribution in [0, 0.1) is 0 Å². The molecule has 1 aromatic carbocycles. The van der Waals surface area contributed by atoms with E-state index in [9.17, 15) is 4.79 Å². The van der Waals surface area contributed by atoms with Crippen LogP contribution in [0.5, 0.6) is 0 Å². The van der Waals surface area contributed by atoms with Crippen LogP contribution in [0.2, 0.25) is 10.0 Å². The van der Waals surface area contributed by atoms with Gasteiger partial charge in [0.1, 0.15) is 0 Å². The first-order chi connectivity index (χ1) is 6.52. The van der Waals surface area contributed by atoms with Crippen LogP contribution in [0.4, 0.5) is 0 Å². The number of benzene rings is 1. The maximum atomic E-state index is 10.8. The zero-order chi connectivity index (χ0) is 10.7. The summed E-state index contributed by atoms with van der Waals surface area (Å²) < 4.78 is 0. The van der Waals surface area contributed by atoms with Crippen molar-refractivity contribution in [3.8, 4) is 0 Å². The molecule has 0 bridgehead atoms. The molecular weight excluding hydrogens is 221 g/mol. The third-order valence-electron chi connectivity index (χ3n) is 1.61. The minimum absolute atomic E-state index is 0.140. The number of carbonyl (C=O) groups excluding carboxylic acids is 1. The summed E-state index contributed by atoms with van der Waals surface area (Å²) in [6.45, 7) is 1.41. The van der Waals surface area contributed by atoms with Gasteiger partial charge in [0.15, 0.2) is 5.78 Å². The lowest BCUT2D eigenvalue weighted by Gasteiger charge is -2.05. The molecule has 0 aliphatic carbocycles. The van der Waals surface area contributed by atoms with Crippen LogP contribution in [-0.4, -0.2) is 5.78 Å². The molecule has 1 rings (SSSR count). The number of carbonyl (C=O) groups is 1. The van der Waals surface area contributed by atoms with Gasteiger partial charge in [-0.3, -0.25) is 4.79 Å². The second kappa shape index (κ2) is 4.49. The Balaban J connectivity index is 3.25. The number of allylic oxidation sites excluding steroid dienone is 1. The topological polar surface area (TPSA) is 43.1 Å². The Bertz CT molecular complexity index is 379. The van der Waals surface area contributed by atoms with E-state index in [2.05, 4.69) is 0 Å². The summed E-state index contributed by atoms with van der Waals surface area (Å²) in [5.41, 5.74) is 6.46. The summed E-state index contributed by atoms with van der Waals surface area (Å²) >= 11 is 11.8. The lowest BCUT2D eigenvalue weighted by Crippen LogP contribution is -2.00. The van der Waals surface area contributed by atoms with E-state index in [-0.39, 0.29) is 11.5 Å². The maximum Gasteiger partial charge on any atom is 0.154 e. The Hall–Kier alpha value is -0.990. The lowest BCUT2D eigenvalue weighted by atomic mass is 10.1. The SMILES string of the molecule is CC(=O)/C=C(/N)c1c(Cl)cccc1Cl. The van der Waals surface area contributed by atoms with E-state index in [1.807, 2.05) is 0 Å². The van der Waals surface area contributed by atoms with E-state index in [0.717, 1.165) is 0 Å². The number of halogens is 2. The molecule has 0 spiro atoms. The van der Waals surface area contributed by atoms with Gasteiger partial charge in [-0.1, -0.05) is 29.3 Å². The second-order valence-corrected chi connectivity index (χ2v) is 3.62. The second-order valence-electron chi connectivity index (χ2n) is 2.81. The predicted molar refractivity (Wildman–Crippen MR) is 59.3 cm³/mol. The van der Waals surface area contributed by atoms with E-state index < -0.39 is 0 Å². The van der Waals surface area contributed by atoms with Crippen molar-refractivity contribution in [2.24, 2.45) is 5.73 Å². The molecule has 0 aromatic heterocycles. The molecule has 14 heavy (non-hydrogen) atoms. The van der Waals surface area contributed by atoms with Gasteiger partial charge in [0, 0.05) is 17.3 Å². The average molecular weight is 230 g/mol. The number of hydrogen-bond donors (Lipinski definition) is 1. The Morgan fingerprint density at radius 3 is 2.29 bits per heavy atom. The molecule has 74 valence electrons. The smallest absolute Gasteiger partial charge is 0.154 e. The van der Waals surface area contributed by atoms with Gasteiger partial charge < -0.3 is 5.73 Å². The molecule has 0 aliphatic rings. The summed E-state index contributed by atoms with van der Waals surface area (Å²) in [5.74, 6) is -0.140. The highest BCUT2D eigenvalue weighted by Gasteiger charge is 2.08. The molecule has 0 saturated carbocycles. The van der Waals surface area contributed by atoms with Gasteiger partial charge in [0.25, 0.3) is 0 Å². The molecule has 0 saturated heterocycles. The van der Waals surface area contributed by atoms with Crippen LogP contribution in [-0.2, 0) is 4.79 Å². The first-order valence-electron chi connectivity index (χ1n) is 3.94. The van der Waals surface area contributed by atoms with Gasteiger partial charge in [0.2, 0.25) is 0 Å². The van der Waals surface area contributed by atoms with Gasteiger partial charge in [-0.25, -0.2) is 0 Å². The molecule has 2 N–H and O–H groups in total. The number of hydrogen-bond acceptors (Lipinski definition) is 2. The van der Waals surface area contributed by atoms with Gasteiger partial charge in [-0.15, -0.1) is 0 Å². The highest BCUT2D eigenvalue weighted by atomic mass is 35.5. The van der Waals surface area contributed by atoms with Crippen molar-refractivity contribution in [3.05, 3.63) is 39.9 Å². The monoisotopic (exact) mass is 229 g/mol. The van der Waals surface area contributed by atoms with Crippen LogP contribution >= 0.6 is 23.2 Å². The quantitative estimate of drug-likeness (QED) is 0.793. The number of rotatable bonds is 2. The van der Waals surface area contributed by atoms with Crippen LogP contribution in [0.15, 0.2) is 24.3 Å². The molecule has 0 amide bonds. The van der Waals surface area contributed by atoms with Crippen molar-refractivity contribution in [1.29, 1.82) is 0 Å². The molecule has 1 aromatic rings.